The molecule has 24 heavy (non-hydrogen) atoms. The molecule has 0 bridgehead atoms. The van der Waals surface area contributed by atoms with E-state index in [0.29, 0.717) is 5.82 Å². The van der Waals surface area contributed by atoms with E-state index >= 15 is 0 Å². The highest BCUT2D eigenvalue weighted by Gasteiger charge is 2.42. The van der Waals surface area contributed by atoms with E-state index < -0.39 is 5.92 Å². The summed E-state index contributed by atoms with van der Waals surface area (Å²) in [7, 11) is 1.76. The van der Waals surface area contributed by atoms with Crippen molar-refractivity contribution in [3.63, 3.8) is 0 Å². The first-order chi connectivity index (χ1) is 11.5. The van der Waals surface area contributed by atoms with Crippen molar-refractivity contribution in [2.24, 2.45) is 5.92 Å². The van der Waals surface area contributed by atoms with E-state index in [1.165, 1.54) is 0 Å². The molecule has 2 aromatic rings. The Balaban J connectivity index is 1.85. The molecule has 1 N–H and O–H groups in total. The SMILES string of the molecule is Cc1ccc([C@H]2[C@H](C(=O)Nc3cc(C)ccn3)CC(=O)N2C)cc1. The Labute approximate surface area is 141 Å². The second-order valence-corrected chi connectivity index (χ2v) is 6.38. The summed E-state index contributed by atoms with van der Waals surface area (Å²) < 4.78 is 0. The second-order valence-electron chi connectivity index (χ2n) is 6.38. The van der Waals surface area contributed by atoms with Crippen molar-refractivity contribution in [2.45, 2.75) is 26.3 Å². The van der Waals surface area contributed by atoms with Crippen LogP contribution in [0.4, 0.5) is 5.82 Å². The Morgan fingerprint density at radius 2 is 1.88 bits per heavy atom. The van der Waals surface area contributed by atoms with Crippen LogP contribution in [0.1, 0.15) is 29.2 Å². The standard InChI is InChI=1S/C19H21N3O2/c1-12-4-6-14(7-5-12)18-15(11-17(23)22(18)3)19(24)21-16-10-13(2)8-9-20-16/h4-10,15,18H,11H2,1-3H3,(H,20,21,24)/t15-,18+/m1/s1. The fraction of sp³-hybridized carbons (Fsp3) is 0.316. The molecule has 1 aliphatic rings. The Kier molecular flexibility index (Phi) is 4.34. The third-order valence-electron chi connectivity index (χ3n) is 4.51. The molecule has 0 unspecified atom stereocenters. The van der Waals surface area contributed by atoms with Gasteiger partial charge in [-0.1, -0.05) is 29.8 Å². The molecular weight excluding hydrogens is 302 g/mol. The average molecular weight is 323 g/mol. The van der Waals surface area contributed by atoms with Crippen LogP contribution in [0.25, 0.3) is 0 Å². The number of anilines is 1. The third kappa shape index (κ3) is 3.15. The molecule has 1 aromatic carbocycles. The van der Waals surface area contributed by atoms with Gasteiger partial charge in [-0.15, -0.1) is 0 Å². The molecule has 1 aliphatic heterocycles. The Morgan fingerprint density at radius 3 is 2.54 bits per heavy atom. The van der Waals surface area contributed by atoms with Crippen LogP contribution < -0.4 is 5.32 Å². The van der Waals surface area contributed by atoms with E-state index in [1.54, 1.807) is 18.1 Å². The maximum atomic E-state index is 12.7. The van der Waals surface area contributed by atoms with Gasteiger partial charge in [0.2, 0.25) is 11.8 Å². The number of hydrogen-bond donors (Lipinski definition) is 1. The smallest absolute Gasteiger partial charge is 0.231 e. The zero-order valence-corrected chi connectivity index (χ0v) is 14.1. The van der Waals surface area contributed by atoms with E-state index in [4.69, 9.17) is 0 Å². The lowest BCUT2D eigenvalue weighted by Crippen LogP contribution is -2.30. The number of aromatic nitrogens is 1. The number of hydrogen-bond acceptors (Lipinski definition) is 3. The molecule has 2 heterocycles. The number of aryl methyl sites for hydroxylation is 2. The molecule has 1 fully saturated rings. The number of likely N-dealkylation sites (tertiary alicyclic amines) is 1. The molecule has 0 saturated carbocycles. The minimum atomic E-state index is -0.424. The second kappa shape index (κ2) is 6.43. The lowest BCUT2D eigenvalue weighted by molar-refractivity contribution is -0.127. The van der Waals surface area contributed by atoms with Crippen LogP contribution in [-0.4, -0.2) is 28.7 Å². The van der Waals surface area contributed by atoms with Crippen molar-refractivity contribution < 1.29 is 9.59 Å². The summed E-state index contributed by atoms with van der Waals surface area (Å²) in [5, 5.41) is 2.85. The number of nitrogens with one attached hydrogen (secondary N) is 1. The van der Waals surface area contributed by atoms with E-state index in [1.807, 2.05) is 50.2 Å². The Hall–Kier alpha value is -2.69. The van der Waals surface area contributed by atoms with Crippen molar-refractivity contribution in [1.82, 2.24) is 9.88 Å². The molecule has 3 rings (SSSR count). The number of carbonyl (C=O) groups is 2. The minimum absolute atomic E-state index is 0.0158. The number of benzene rings is 1. The first-order valence-electron chi connectivity index (χ1n) is 8.01. The van der Waals surface area contributed by atoms with Crippen LogP contribution in [0.15, 0.2) is 42.6 Å². The lowest BCUT2D eigenvalue weighted by atomic mass is 9.92. The predicted octanol–water partition coefficient (Wildman–Crippen LogP) is 2.86. The number of amides is 2. The molecular formula is C19H21N3O2. The van der Waals surface area contributed by atoms with E-state index in [0.717, 1.165) is 16.7 Å². The fourth-order valence-electron chi connectivity index (χ4n) is 3.15. The number of pyridine rings is 1. The van der Waals surface area contributed by atoms with Gasteiger partial charge >= 0.3 is 0 Å². The van der Waals surface area contributed by atoms with Crippen LogP contribution >= 0.6 is 0 Å². The van der Waals surface area contributed by atoms with Gasteiger partial charge in [-0.25, -0.2) is 4.98 Å². The highest BCUT2D eigenvalue weighted by atomic mass is 16.2. The van der Waals surface area contributed by atoms with Crippen LogP contribution in [-0.2, 0) is 9.59 Å². The first-order valence-corrected chi connectivity index (χ1v) is 8.01. The minimum Gasteiger partial charge on any atom is -0.338 e. The molecule has 2 atom stereocenters. The van der Waals surface area contributed by atoms with Gasteiger partial charge in [0.05, 0.1) is 12.0 Å². The Bertz CT molecular complexity index is 770. The average Bonchev–Trinajstić information content (AvgIpc) is 2.84. The summed E-state index contributed by atoms with van der Waals surface area (Å²) in [6, 6.07) is 11.4. The zero-order valence-electron chi connectivity index (χ0n) is 14.1. The summed E-state index contributed by atoms with van der Waals surface area (Å²) in [6.45, 7) is 3.96. The van der Waals surface area contributed by atoms with E-state index in [-0.39, 0.29) is 24.3 Å². The number of carbonyl (C=O) groups excluding carboxylic acids is 2. The first kappa shape index (κ1) is 16.2. The molecule has 2 amide bonds. The molecule has 5 heteroatoms. The summed E-state index contributed by atoms with van der Waals surface area (Å²) in [4.78, 5) is 30.7. The molecule has 1 aromatic heterocycles. The maximum Gasteiger partial charge on any atom is 0.231 e. The summed E-state index contributed by atoms with van der Waals surface area (Å²) in [5.74, 6) is -0.0912. The highest BCUT2D eigenvalue weighted by Crippen LogP contribution is 2.37. The Morgan fingerprint density at radius 1 is 1.17 bits per heavy atom. The van der Waals surface area contributed by atoms with Crippen molar-refractivity contribution >= 4 is 17.6 Å². The topological polar surface area (TPSA) is 62.3 Å². The third-order valence-corrected chi connectivity index (χ3v) is 4.51. The van der Waals surface area contributed by atoms with Crippen LogP contribution in [0, 0.1) is 19.8 Å². The van der Waals surface area contributed by atoms with Gasteiger partial charge in [-0.2, -0.15) is 0 Å². The largest absolute Gasteiger partial charge is 0.338 e. The van der Waals surface area contributed by atoms with Gasteiger partial charge in [0.1, 0.15) is 5.82 Å². The van der Waals surface area contributed by atoms with Crippen molar-refractivity contribution in [3.05, 3.63) is 59.3 Å². The van der Waals surface area contributed by atoms with Crippen molar-refractivity contribution in [3.8, 4) is 0 Å². The number of rotatable bonds is 3. The monoisotopic (exact) mass is 323 g/mol. The van der Waals surface area contributed by atoms with Crippen molar-refractivity contribution in [2.75, 3.05) is 12.4 Å². The molecule has 124 valence electrons. The normalized spacial score (nSPS) is 20.3. The van der Waals surface area contributed by atoms with Gasteiger partial charge in [-0.3, -0.25) is 9.59 Å². The van der Waals surface area contributed by atoms with E-state index in [2.05, 4.69) is 10.3 Å². The zero-order chi connectivity index (χ0) is 17.3. The van der Waals surface area contributed by atoms with Crippen LogP contribution in [0.2, 0.25) is 0 Å². The summed E-state index contributed by atoms with van der Waals surface area (Å²) >= 11 is 0. The maximum absolute atomic E-state index is 12.7. The molecule has 0 radical (unpaired) electrons. The van der Waals surface area contributed by atoms with Gasteiger partial charge in [0.15, 0.2) is 0 Å². The molecule has 5 nitrogen and oxygen atoms in total. The number of nitrogens with zero attached hydrogens (tertiary/aromatic N) is 2. The fourth-order valence-corrected chi connectivity index (χ4v) is 3.15. The quantitative estimate of drug-likeness (QED) is 0.945. The van der Waals surface area contributed by atoms with Gasteiger partial charge in [0, 0.05) is 19.7 Å². The summed E-state index contributed by atoms with van der Waals surface area (Å²) in [6.07, 6.45) is 1.88. The van der Waals surface area contributed by atoms with Gasteiger partial charge in [0.25, 0.3) is 0 Å². The van der Waals surface area contributed by atoms with Crippen LogP contribution in [0.5, 0.6) is 0 Å². The van der Waals surface area contributed by atoms with Crippen LogP contribution in [0.3, 0.4) is 0 Å². The van der Waals surface area contributed by atoms with E-state index in [9.17, 15) is 9.59 Å². The summed E-state index contributed by atoms with van der Waals surface area (Å²) in [5.41, 5.74) is 3.15. The highest BCUT2D eigenvalue weighted by molar-refractivity contribution is 5.97. The molecule has 1 saturated heterocycles. The molecule has 0 aliphatic carbocycles. The molecule has 0 spiro atoms. The van der Waals surface area contributed by atoms with Gasteiger partial charge < -0.3 is 10.2 Å². The van der Waals surface area contributed by atoms with Gasteiger partial charge in [-0.05, 0) is 37.1 Å². The van der Waals surface area contributed by atoms with Crippen molar-refractivity contribution in [1.29, 1.82) is 0 Å². The predicted molar refractivity (Wildman–Crippen MR) is 92.4 cm³/mol. The lowest BCUT2D eigenvalue weighted by Gasteiger charge is -2.25.